The lowest BCUT2D eigenvalue weighted by molar-refractivity contribution is -0.135. The Kier molecular flexibility index (Phi) is 4.00. The Hall–Kier alpha value is -1.90. The van der Waals surface area contributed by atoms with E-state index in [1.54, 1.807) is 18.2 Å². The van der Waals surface area contributed by atoms with E-state index in [1.807, 2.05) is 19.1 Å². The molecule has 0 bridgehead atoms. The molecule has 0 atom stereocenters. The second-order valence-electron chi connectivity index (χ2n) is 3.63. The molecule has 16 heavy (non-hydrogen) atoms. The summed E-state index contributed by atoms with van der Waals surface area (Å²) in [6.07, 6.45) is 3.34. The molecular weight excluding hydrogens is 204 g/mol. The molecule has 1 aromatic rings. The van der Waals surface area contributed by atoms with E-state index in [2.05, 4.69) is 0 Å². The molecular formula is C13H14O3. The lowest BCUT2D eigenvalue weighted by Gasteiger charge is -2.02. The van der Waals surface area contributed by atoms with Crippen LogP contribution in [0, 0.1) is 6.92 Å². The molecule has 0 spiro atoms. The molecule has 1 aromatic carbocycles. The summed E-state index contributed by atoms with van der Waals surface area (Å²) in [5.74, 6) is -0.813. The van der Waals surface area contributed by atoms with Crippen molar-refractivity contribution in [3.63, 3.8) is 0 Å². The SMILES string of the molecule is CC(=O)c1ccc(C=CCC(=O)O)cc1C. The zero-order chi connectivity index (χ0) is 12.1. The maximum absolute atomic E-state index is 11.2. The summed E-state index contributed by atoms with van der Waals surface area (Å²) < 4.78 is 0. The zero-order valence-electron chi connectivity index (χ0n) is 9.36. The van der Waals surface area contributed by atoms with Crippen LogP contribution in [0.5, 0.6) is 0 Å². The largest absolute Gasteiger partial charge is 0.481 e. The number of hydrogen-bond acceptors (Lipinski definition) is 2. The molecule has 0 fully saturated rings. The second-order valence-corrected chi connectivity index (χ2v) is 3.63. The molecule has 0 aliphatic rings. The van der Waals surface area contributed by atoms with Gasteiger partial charge in [0.15, 0.2) is 5.78 Å². The van der Waals surface area contributed by atoms with Crippen LogP contribution >= 0.6 is 0 Å². The summed E-state index contributed by atoms with van der Waals surface area (Å²) in [6.45, 7) is 3.40. The van der Waals surface area contributed by atoms with E-state index in [9.17, 15) is 9.59 Å². The van der Waals surface area contributed by atoms with E-state index in [0.29, 0.717) is 5.56 Å². The molecule has 1 N–H and O–H groups in total. The van der Waals surface area contributed by atoms with Gasteiger partial charge in [-0.1, -0.05) is 30.4 Å². The number of carboxylic acid groups (broad SMARTS) is 1. The second kappa shape index (κ2) is 5.26. The molecule has 84 valence electrons. The lowest BCUT2D eigenvalue weighted by atomic mass is 10.0. The van der Waals surface area contributed by atoms with Crippen LogP contribution in [0.3, 0.4) is 0 Å². The standard InChI is InChI=1S/C13H14O3/c1-9-8-11(4-3-5-13(15)16)6-7-12(9)10(2)14/h3-4,6-8H,5H2,1-2H3,(H,15,16). The van der Waals surface area contributed by atoms with Gasteiger partial charge in [0.2, 0.25) is 0 Å². The summed E-state index contributed by atoms with van der Waals surface area (Å²) in [5.41, 5.74) is 2.52. The van der Waals surface area contributed by atoms with Crippen LogP contribution in [0.1, 0.15) is 34.8 Å². The number of aliphatic carboxylic acids is 1. The van der Waals surface area contributed by atoms with Crippen molar-refractivity contribution in [3.05, 3.63) is 41.0 Å². The first-order chi connectivity index (χ1) is 7.50. The molecule has 3 nitrogen and oxygen atoms in total. The molecule has 0 aromatic heterocycles. The van der Waals surface area contributed by atoms with Crippen molar-refractivity contribution < 1.29 is 14.7 Å². The Labute approximate surface area is 94.4 Å². The van der Waals surface area contributed by atoms with Crippen molar-refractivity contribution >= 4 is 17.8 Å². The molecule has 0 saturated carbocycles. The van der Waals surface area contributed by atoms with Gasteiger partial charge >= 0.3 is 5.97 Å². The van der Waals surface area contributed by atoms with E-state index >= 15 is 0 Å². The van der Waals surface area contributed by atoms with Gasteiger partial charge in [-0.25, -0.2) is 0 Å². The van der Waals surface area contributed by atoms with Gasteiger partial charge in [-0.3, -0.25) is 9.59 Å². The van der Waals surface area contributed by atoms with Crippen LogP contribution in [-0.2, 0) is 4.79 Å². The maximum Gasteiger partial charge on any atom is 0.307 e. The number of carbonyl (C=O) groups is 2. The lowest BCUT2D eigenvalue weighted by Crippen LogP contribution is -1.95. The van der Waals surface area contributed by atoms with Crippen LogP contribution in [-0.4, -0.2) is 16.9 Å². The van der Waals surface area contributed by atoms with Crippen LogP contribution in [0.25, 0.3) is 6.08 Å². The highest BCUT2D eigenvalue weighted by Gasteiger charge is 2.02. The number of Topliss-reactive ketones (excluding diaryl/α,β-unsaturated/α-hetero) is 1. The molecule has 1 rings (SSSR count). The summed E-state index contributed by atoms with van der Waals surface area (Å²) in [7, 11) is 0. The fourth-order valence-corrected chi connectivity index (χ4v) is 1.48. The number of carboxylic acids is 1. The monoisotopic (exact) mass is 218 g/mol. The summed E-state index contributed by atoms with van der Waals surface area (Å²) >= 11 is 0. The molecule has 0 heterocycles. The molecule has 0 aliphatic heterocycles. The van der Waals surface area contributed by atoms with Gasteiger partial charge in [-0.05, 0) is 25.0 Å². The minimum atomic E-state index is -0.853. The number of hydrogen-bond donors (Lipinski definition) is 1. The Morgan fingerprint density at radius 2 is 2.06 bits per heavy atom. The van der Waals surface area contributed by atoms with E-state index in [-0.39, 0.29) is 12.2 Å². The summed E-state index contributed by atoms with van der Waals surface area (Å²) in [5, 5.41) is 8.47. The molecule has 0 radical (unpaired) electrons. The summed E-state index contributed by atoms with van der Waals surface area (Å²) in [4.78, 5) is 21.5. The van der Waals surface area contributed by atoms with E-state index in [4.69, 9.17) is 5.11 Å². The van der Waals surface area contributed by atoms with E-state index in [0.717, 1.165) is 11.1 Å². The first kappa shape index (κ1) is 12.2. The number of rotatable bonds is 4. The van der Waals surface area contributed by atoms with Crippen molar-refractivity contribution in [3.8, 4) is 0 Å². The van der Waals surface area contributed by atoms with Gasteiger partial charge in [0, 0.05) is 5.56 Å². The fraction of sp³-hybridized carbons (Fsp3) is 0.231. The minimum Gasteiger partial charge on any atom is -0.481 e. The number of benzene rings is 1. The third kappa shape index (κ3) is 3.35. The third-order valence-corrected chi connectivity index (χ3v) is 2.23. The molecule has 3 heteroatoms. The predicted octanol–water partition coefficient (Wildman–Crippen LogP) is 2.69. The van der Waals surface area contributed by atoms with Crippen LogP contribution in [0.4, 0.5) is 0 Å². The number of ketones is 1. The van der Waals surface area contributed by atoms with Gasteiger partial charge < -0.3 is 5.11 Å². The fourth-order valence-electron chi connectivity index (χ4n) is 1.48. The van der Waals surface area contributed by atoms with Crippen molar-refractivity contribution in [2.75, 3.05) is 0 Å². The van der Waals surface area contributed by atoms with Crippen molar-refractivity contribution in [2.45, 2.75) is 20.3 Å². The van der Waals surface area contributed by atoms with Gasteiger partial charge in [-0.2, -0.15) is 0 Å². The molecule has 0 unspecified atom stereocenters. The average Bonchev–Trinajstić information content (AvgIpc) is 2.16. The van der Waals surface area contributed by atoms with E-state index < -0.39 is 5.97 Å². The highest BCUT2D eigenvalue weighted by atomic mass is 16.4. The number of carbonyl (C=O) groups excluding carboxylic acids is 1. The Balaban J connectivity index is 2.85. The van der Waals surface area contributed by atoms with Gasteiger partial charge in [-0.15, -0.1) is 0 Å². The molecule has 0 aliphatic carbocycles. The number of aryl methyl sites for hydroxylation is 1. The maximum atomic E-state index is 11.2. The first-order valence-corrected chi connectivity index (χ1v) is 5.00. The predicted molar refractivity (Wildman–Crippen MR) is 62.5 cm³/mol. The van der Waals surface area contributed by atoms with Gasteiger partial charge in [0.05, 0.1) is 6.42 Å². The Bertz CT molecular complexity index is 444. The quantitative estimate of drug-likeness (QED) is 0.790. The minimum absolute atomic E-state index is 0.00745. The Morgan fingerprint density at radius 3 is 2.56 bits per heavy atom. The normalized spacial score (nSPS) is 10.6. The van der Waals surface area contributed by atoms with E-state index in [1.165, 1.54) is 6.92 Å². The molecule has 0 amide bonds. The molecule has 0 saturated heterocycles. The van der Waals surface area contributed by atoms with Gasteiger partial charge in [0.25, 0.3) is 0 Å². The topological polar surface area (TPSA) is 54.4 Å². The van der Waals surface area contributed by atoms with Crippen LogP contribution in [0.15, 0.2) is 24.3 Å². The zero-order valence-corrected chi connectivity index (χ0v) is 9.36. The average molecular weight is 218 g/mol. The van der Waals surface area contributed by atoms with Crippen molar-refractivity contribution in [1.82, 2.24) is 0 Å². The van der Waals surface area contributed by atoms with Crippen molar-refractivity contribution in [1.29, 1.82) is 0 Å². The summed E-state index contributed by atoms with van der Waals surface area (Å²) in [6, 6.07) is 5.44. The first-order valence-electron chi connectivity index (χ1n) is 5.00. The van der Waals surface area contributed by atoms with Crippen LogP contribution in [0.2, 0.25) is 0 Å². The highest BCUT2D eigenvalue weighted by molar-refractivity contribution is 5.95. The Morgan fingerprint density at radius 1 is 1.38 bits per heavy atom. The highest BCUT2D eigenvalue weighted by Crippen LogP contribution is 2.13. The van der Waals surface area contributed by atoms with Crippen LogP contribution < -0.4 is 0 Å². The van der Waals surface area contributed by atoms with Gasteiger partial charge in [0.1, 0.15) is 0 Å². The third-order valence-electron chi connectivity index (χ3n) is 2.23. The smallest absolute Gasteiger partial charge is 0.307 e. The van der Waals surface area contributed by atoms with Crippen molar-refractivity contribution in [2.24, 2.45) is 0 Å².